The number of hydrogen-bond acceptors (Lipinski definition) is 2. The Balaban J connectivity index is 2.04. The molecule has 1 fully saturated rings. The summed E-state index contributed by atoms with van der Waals surface area (Å²) in [4.78, 5) is 1.52. The van der Waals surface area contributed by atoms with E-state index in [0.717, 1.165) is 5.92 Å². The molecule has 1 atom stereocenters. The van der Waals surface area contributed by atoms with Crippen molar-refractivity contribution in [3.63, 3.8) is 0 Å². The third-order valence-electron chi connectivity index (χ3n) is 3.53. The number of nitrogens with one attached hydrogen (secondary N) is 1. The van der Waals surface area contributed by atoms with E-state index in [9.17, 15) is 0 Å². The van der Waals surface area contributed by atoms with Gasteiger partial charge in [0.1, 0.15) is 0 Å². The van der Waals surface area contributed by atoms with Crippen LogP contribution in [0.25, 0.3) is 0 Å². The molecule has 1 heterocycles. The monoisotopic (exact) mass is 223 g/mol. The zero-order valence-electron chi connectivity index (χ0n) is 9.54. The van der Waals surface area contributed by atoms with Crippen molar-refractivity contribution in [1.82, 2.24) is 5.32 Å². The van der Waals surface area contributed by atoms with Gasteiger partial charge in [-0.1, -0.05) is 31.7 Å². The predicted octanol–water partition coefficient (Wildman–Crippen LogP) is 3.98. The third-order valence-corrected chi connectivity index (χ3v) is 4.49. The molecule has 84 valence electrons. The van der Waals surface area contributed by atoms with Gasteiger partial charge in [0, 0.05) is 10.9 Å². The Morgan fingerprint density at radius 1 is 1.27 bits per heavy atom. The van der Waals surface area contributed by atoms with Crippen molar-refractivity contribution in [3.05, 3.63) is 22.4 Å². The van der Waals surface area contributed by atoms with Gasteiger partial charge >= 0.3 is 0 Å². The summed E-state index contributed by atoms with van der Waals surface area (Å²) in [5, 5.41) is 5.70. The highest BCUT2D eigenvalue weighted by atomic mass is 32.1. The van der Waals surface area contributed by atoms with Crippen LogP contribution in [0.1, 0.15) is 49.4 Å². The van der Waals surface area contributed by atoms with Gasteiger partial charge in [-0.3, -0.25) is 0 Å². The Bertz CT molecular complexity index is 260. The summed E-state index contributed by atoms with van der Waals surface area (Å²) < 4.78 is 0. The maximum absolute atomic E-state index is 3.51. The second-order valence-corrected chi connectivity index (χ2v) is 5.51. The predicted molar refractivity (Wildman–Crippen MR) is 67.3 cm³/mol. The first-order valence-corrected chi connectivity index (χ1v) is 7.00. The van der Waals surface area contributed by atoms with Crippen LogP contribution in [-0.4, -0.2) is 7.05 Å². The van der Waals surface area contributed by atoms with E-state index in [1.54, 1.807) is 0 Å². The Kier molecular flexibility index (Phi) is 4.21. The normalized spacial score (nSPS) is 21.1. The lowest BCUT2D eigenvalue weighted by molar-refractivity contribution is 0.346. The molecule has 1 saturated carbocycles. The van der Waals surface area contributed by atoms with Crippen LogP contribution < -0.4 is 5.32 Å². The standard InChI is InChI=1S/C13H21NS/c1-14-13(12-9-6-10-15-12)11-7-4-2-3-5-8-11/h6,9-11,13-14H,2-5,7-8H2,1H3. The second kappa shape index (κ2) is 5.66. The largest absolute Gasteiger partial charge is 0.312 e. The highest BCUT2D eigenvalue weighted by molar-refractivity contribution is 7.10. The SMILES string of the molecule is CNC(c1cccs1)C1CCCCCC1. The molecule has 1 aliphatic rings. The van der Waals surface area contributed by atoms with E-state index < -0.39 is 0 Å². The zero-order chi connectivity index (χ0) is 10.5. The van der Waals surface area contributed by atoms with Crippen LogP contribution in [0.2, 0.25) is 0 Å². The van der Waals surface area contributed by atoms with Gasteiger partial charge in [0.2, 0.25) is 0 Å². The molecular formula is C13H21NS. The van der Waals surface area contributed by atoms with E-state index in [4.69, 9.17) is 0 Å². The smallest absolute Gasteiger partial charge is 0.0440 e. The minimum absolute atomic E-state index is 0.600. The molecule has 0 bridgehead atoms. The Morgan fingerprint density at radius 3 is 2.53 bits per heavy atom. The van der Waals surface area contributed by atoms with E-state index in [1.165, 1.54) is 43.4 Å². The Morgan fingerprint density at radius 2 is 2.00 bits per heavy atom. The maximum atomic E-state index is 3.51. The van der Waals surface area contributed by atoms with Gasteiger partial charge in [0.15, 0.2) is 0 Å². The van der Waals surface area contributed by atoms with Gasteiger partial charge in [0.25, 0.3) is 0 Å². The van der Waals surface area contributed by atoms with E-state index in [0.29, 0.717) is 6.04 Å². The summed E-state index contributed by atoms with van der Waals surface area (Å²) in [7, 11) is 2.11. The van der Waals surface area contributed by atoms with Crippen LogP contribution in [0, 0.1) is 5.92 Å². The summed E-state index contributed by atoms with van der Waals surface area (Å²) in [5.41, 5.74) is 0. The molecule has 0 aromatic carbocycles. The fraction of sp³-hybridized carbons (Fsp3) is 0.692. The number of rotatable bonds is 3. The molecule has 1 nitrogen and oxygen atoms in total. The average Bonchev–Trinajstić information content (AvgIpc) is 2.63. The van der Waals surface area contributed by atoms with E-state index in [1.807, 2.05) is 11.3 Å². The van der Waals surface area contributed by atoms with E-state index in [2.05, 4.69) is 29.9 Å². The molecule has 1 N–H and O–H groups in total. The zero-order valence-corrected chi connectivity index (χ0v) is 10.4. The van der Waals surface area contributed by atoms with Crippen molar-refractivity contribution in [2.45, 2.75) is 44.6 Å². The molecule has 1 aromatic heterocycles. The molecule has 1 unspecified atom stereocenters. The summed E-state index contributed by atoms with van der Waals surface area (Å²) >= 11 is 1.89. The molecular weight excluding hydrogens is 202 g/mol. The molecule has 0 radical (unpaired) electrons. The highest BCUT2D eigenvalue weighted by Crippen LogP contribution is 2.34. The van der Waals surface area contributed by atoms with E-state index in [-0.39, 0.29) is 0 Å². The number of hydrogen-bond donors (Lipinski definition) is 1. The van der Waals surface area contributed by atoms with Crippen molar-refractivity contribution >= 4 is 11.3 Å². The van der Waals surface area contributed by atoms with Crippen molar-refractivity contribution in [2.24, 2.45) is 5.92 Å². The van der Waals surface area contributed by atoms with Crippen LogP contribution in [0.3, 0.4) is 0 Å². The lowest BCUT2D eigenvalue weighted by Gasteiger charge is -2.24. The first kappa shape index (κ1) is 11.2. The minimum Gasteiger partial charge on any atom is -0.312 e. The van der Waals surface area contributed by atoms with Crippen molar-refractivity contribution in [2.75, 3.05) is 7.05 Å². The third kappa shape index (κ3) is 2.82. The van der Waals surface area contributed by atoms with Gasteiger partial charge < -0.3 is 5.32 Å². The van der Waals surface area contributed by atoms with Gasteiger partial charge in [0.05, 0.1) is 0 Å². The van der Waals surface area contributed by atoms with E-state index >= 15 is 0 Å². The summed E-state index contributed by atoms with van der Waals surface area (Å²) in [6.07, 6.45) is 8.55. The van der Waals surface area contributed by atoms with Gasteiger partial charge in [-0.05, 0) is 37.3 Å². The van der Waals surface area contributed by atoms with Crippen LogP contribution >= 0.6 is 11.3 Å². The topological polar surface area (TPSA) is 12.0 Å². The van der Waals surface area contributed by atoms with Gasteiger partial charge in [-0.2, -0.15) is 0 Å². The second-order valence-electron chi connectivity index (χ2n) is 4.53. The fourth-order valence-corrected chi connectivity index (χ4v) is 3.65. The first-order chi connectivity index (χ1) is 7.42. The van der Waals surface area contributed by atoms with Crippen molar-refractivity contribution < 1.29 is 0 Å². The molecule has 0 spiro atoms. The summed E-state index contributed by atoms with van der Waals surface area (Å²) in [5.74, 6) is 0.858. The van der Waals surface area contributed by atoms with Crippen LogP contribution in [-0.2, 0) is 0 Å². The van der Waals surface area contributed by atoms with Gasteiger partial charge in [-0.15, -0.1) is 11.3 Å². The molecule has 0 saturated heterocycles. The average molecular weight is 223 g/mol. The molecule has 0 aliphatic heterocycles. The van der Waals surface area contributed by atoms with Crippen LogP contribution in [0.15, 0.2) is 17.5 Å². The van der Waals surface area contributed by atoms with Crippen LogP contribution in [0.5, 0.6) is 0 Å². The lowest BCUT2D eigenvalue weighted by atomic mass is 9.91. The first-order valence-electron chi connectivity index (χ1n) is 6.12. The quantitative estimate of drug-likeness (QED) is 0.764. The molecule has 1 aliphatic carbocycles. The lowest BCUT2D eigenvalue weighted by Crippen LogP contribution is -2.24. The fourth-order valence-electron chi connectivity index (χ4n) is 2.72. The molecule has 2 heteroatoms. The molecule has 15 heavy (non-hydrogen) atoms. The maximum Gasteiger partial charge on any atom is 0.0440 e. The van der Waals surface area contributed by atoms with Crippen molar-refractivity contribution in [1.29, 1.82) is 0 Å². The molecule has 0 amide bonds. The molecule has 1 aromatic rings. The summed E-state index contributed by atoms with van der Waals surface area (Å²) in [6.45, 7) is 0. The summed E-state index contributed by atoms with van der Waals surface area (Å²) in [6, 6.07) is 5.04. The molecule has 2 rings (SSSR count). The highest BCUT2D eigenvalue weighted by Gasteiger charge is 2.23. The minimum atomic E-state index is 0.600. The Hall–Kier alpha value is -0.340. The number of thiophene rings is 1. The van der Waals surface area contributed by atoms with Crippen molar-refractivity contribution in [3.8, 4) is 0 Å². The van der Waals surface area contributed by atoms with Gasteiger partial charge in [-0.25, -0.2) is 0 Å². The Labute approximate surface area is 96.9 Å². The van der Waals surface area contributed by atoms with Crippen LogP contribution in [0.4, 0.5) is 0 Å².